The number of nitrogens with one attached hydrogen (secondary N) is 2. The Morgan fingerprint density at radius 1 is 1.19 bits per heavy atom. The van der Waals surface area contributed by atoms with Crippen LogP contribution in [0.2, 0.25) is 0 Å². The number of aryl methyl sites for hydroxylation is 1. The molecule has 0 aliphatic heterocycles. The Morgan fingerprint density at radius 3 is 2.70 bits per heavy atom. The first-order chi connectivity index (χ1) is 12.7. The Morgan fingerprint density at radius 2 is 1.96 bits per heavy atom. The van der Waals surface area contributed by atoms with E-state index in [4.69, 9.17) is 4.99 Å². The van der Waals surface area contributed by atoms with Gasteiger partial charge >= 0.3 is 0 Å². The van der Waals surface area contributed by atoms with Gasteiger partial charge in [0.1, 0.15) is 0 Å². The fraction of sp³-hybridized carbons (Fsp3) is 0.333. The summed E-state index contributed by atoms with van der Waals surface area (Å²) >= 11 is 0. The van der Waals surface area contributed by atoms with Gasteiger partial charge in [-0.2, -0.15) is 5.10 Å². The van der Waals surface area contributed by atoms with Crippen molar-refractivity contribution in [3.63, 3.8) is 0 Å². The molecule has 2 aromatic carbocycles. The Hall–Kier alpha value is -2.09. The van der Waals surface area contributed by atoms with Gasteiger partial charge < -0.3 is 10.6 Å². The maximum atomic E-state index is 4.70. The molecule has 0 fully saturated rings. The zero-order valence-electron chi connectivity index (χ0n) is 16.1. The molecule has 27 heavy (non-hydrogen) atoms. The van der Waals surface area contributed by atoms with Crippen LogP contribution in [0.4, 0.5) is 0 Å². The van der Waals surface area contributed by atoms with Crippen molar-refractivity contribution in [1.29, 1.82) is 0 Å². The molecule has 1 unspecified atom stereocenters. The topological polar surface area (TPSA) is 54.2 Å². The minimum Gasteiger partial charge on any atom is -0.357 e. The van der Waals surface area contributed by atoms with Crippen LogP contribution >= 0.6 is 24.0 Å². The molecule has 0 radical (unpaired) electrons. The normalized spacial score (nSPS) is 12.5. The van der Waals surface area contributed by atoms with Crippen LogP contribution in [-0.2, 0) is 6.54 Å². The highest BCUT2D eigenvalue weighted by Crippen LogP contribution is 2.23. The molecule has 1 aromatic heterocycles. The molecule has 0 bridgehead atoms. The van der Waals surface area contributed by atoms with Crippen LogP contribution in [0.5, 0.6) is 0 Å². The molecule has 1 heterocycles. The van der Waals surface area contributed by atoms with E-state index in [-0.39, 0.29) is 30.0 Å². The molecule has 3 aromatic rings. The summed E-state index contributed by atoms with van der Waals surface area (Å²) < 4.78 is 1.93. The lowest BCUT2D eigenvalue weighted by atomic mass is 10.00. The van der Waals surface area contributed by atoms with Gasteiger partial charge in [-0.15, -0.1) is 24.0 Å². The fourth-order valence-electron chi connectivity index (χ4n) is 3.08. The van der Waals surface area contributed by atoms with E-state index in [1.165, 1.54) is 21.9 Å². The van der Waals surface area contributed by atoms with E-state index in [9.17, 15) is 0 Å². The predicted molar refractivity (Wildman–Crippen MR) is 124 cm³/mol. The zero-order valence-corrected chi connectivity index (χ0v) is 18.5. The molecule has 3 rings (SSSR count). The average Bonchev–Trinajstić information content (AvgIpc) is 3.06. The average molecular weight is 477 g/mol. The summed E-state index contributed by atoms with van der Waals surface area (Å²) in [5, 5.41) is 13.7. The van der Waals surface area contributed by atoms with Crippen molar-refractivity contribution in [3.05, 3.63) is 66.0 Å². The highest BCUT2D eigenvalue weighted by Gasteiger charge is 2.10. The van der Waals surface area contributed by atoms with Gasteiger partial charge in [-0.3, -0.25) is 9.67 Å². The summed E-state index contributed by atoms with van der Waals surface area (Å²) in [5.41, 5.74) is 2.44. The molecule has 0 saturated carbocycles. The summed E-state index contributed by atoms with van der Waals surface area (Å²) in [6.07, 6.45) is 3.91. The van der Waals surface area contributed by atoms with Gasteiger partial charge in [0.15, 0.2) is 5.96 Å². The number of aliphatic imine (C=N–C) groups is 1. The van der Waals surface area contributed by atoms with Crippen LogP contribution in [0.1, 0.15) is 31.0 Å². The molecule has 2 N–H and O–H groups in total. The third-order valence-electron chi connectivity index (χ3n) is 4.35. The van der Waals surface area contributed by atoms with Gasteiger partial charge in [-0.05, 0) is 42.7 Å². The van der Waals surface area contributed by atoms with Gasteiger partial charge in [0, 0.05) is 12.7 Å². The molecule has 5 nitrogen and oxygen atoms in total. The maximum Gasteiger partial charge on any atom is 0.191 e. The van der Waals surface area contributed by atoms with Crippen molar-refractivity contribution in [2.24, 2.45) is 4.99 Å². The fourth-order valence-corrected chi connectivity index (χ4v) is 3.08. The second-order valence-corrected chi connectivity index (χ2v) is 6.48. The van der Waals surface area contributed by atoms with Crippen molar-refractivity contribution in [2.45, 2.75) is 33.4 Å². The highest BCUT2D eigenvalue weighted by molar-refractivity contribution is 14.0. The standard InChI is InChI=1S/C21H27N5.HI/c1-4-22-21(23-12-13-26-15-16(2)14-24-26)25-17(3)19-11-7-9-18-8-5-6-10-20(18)19;/h5-11,14-15,17H,4,12-13H2,1-3H3,(H2,22,23,25);1H. The Balaban J connectivity index is 0.00000261. The van der Waals surface area contributed by atoms with Crippen molar-refractivity contribution in [2.75, 3.05) is 13.1 Å². The van der Waals surface area contributed by atoms with Gasteiger partial charge in [-0.1, -0.05) is 42.5 Å². The largest absolute Gasteiger partial charge is 0.357 e. The maximum absolute atomic E-state index is 4.70. The second-order valence-electron chi connectivity index (χ2n) is 6.48. The predicted octanol–water partition coefficient (Wildman–Crippen LogP) is 4.28. The number of hydrogen-bond acceptors (Lipinski definition) is 2. The molecule has 0 spiro atoms. The lowest BCUT2D eigenvalue weighted by molar-refractivity contribution is 0.617. The molecule has 0 saturated heterocycles. The van der Waals surface area contributed by atoms with E-state index >= 15 is 0 Å². The van der Waals surface area contributed by atoms with Crippen LogP contribution in [0, 0.1) is 6.92 Å². The van der Waals surface area contributed by atoms with Crippen LogP contribution in [0.15, 0.2) is 59.9 Å². The first-order valence-electron chi connectivity index (χ1n) is 9.19. The Labute approximate surface area is 178 Å². The van der Waals surface area contributed by atoms with E-state index in [0.29, 0.717) is 6.54 Å². The lowest BCUT2D eigenvalue weighted by Gasteiger charge is -2.19. The van der Waals surface area contributed by atoms with Crippen molar-refractivity contribution in [3.8, 4) is 0 Å². The van der Waals surface area contributed by atoms with Gasteiger partial charge in [0.25, 0.3) is 0 Å². The highest BCUT2D eigenvalue weighted by atomic mass is 127. The van der Waals surface area contributed by atoms with Crippen LogP contribution in [0.25, 0.3) is 10.8 Å². The van der Waals surface area contributed by atoms with Gasteiger partial charge in [0.05, 0.1) is 25.3 Å². The van der Waals surface area contributed by atoms with Crippen molar-refractivity contribution in [1.82, 2.24) is 20.4 Å². The summed E-state index contributed by atoms with van der Waals surface area (Å²) in [6.45, 7) is 8.58. The van der Waals surface area contributed by atoms with Crippen LogP contribution in [0.3, 0.4) is 0 Å². The number of rotatable bonds is 6. The lowest BCUT2D eigenvalue weighted by Crippen LogP contribution is -2.39. The van der Waals surface area contributed by atoms with E-state index in [1.54, 1.807) is 0 Å². The summed E-state index contributed by atoms with van der Waals surface area (Å²) in [6, 6.07) is 15.1. The number of hydrogen-bond donors (Lipinski definition) is 2. The number of benzene rings is 2. The molecule has 0 aliphatic rings. The first-order valence-corrected chi connectivity index (χ1v) is 9.19. The van der Waals surface area contributed by atoms with E-state index in [0.717, 1.165) is 19.0 Å². The zero-order chi connectivity index (χ0) is 18.4. The molecular formula is C21H28IN5. The van der Waals surface area contributed by atoms with E-state index in [2.05, 4.69) is 72.0 Å². The smallest absolute Gasteiger partial charge is 0.191 e. The Bertz CT molecular complexity index is 882. The molecular weight excluding hydrogens is 449 g/mol. The molecule has 144 valence electrons. The van der Waals surface area contributed by atoms with Crippen LogP contribution < -0.4 is 10.6 Å². The Kier molecular flexibility index (Phi) is 8.09. The quantitative estimate of drug-likeness (QED) is 0.317. The third-order valence-corrected chi connectivity index (χ3v) is 4.35. The summed E-state index contributed by atoms with van der Waals surface area (Å²) in [5.74, 6) is 0.830. The third kappa shape index (κ3) is 5.69. The van der Waals surface area contributed by atoms with Gasteiger partial charge in [-0.25, -0.2) is 0 Å². The number of fused-ring (bicyclic) bond motifs is 1. The number of aromatic nitrogens is 2. The van der Waals surface area contributed by atoms with Crippen molar-refractivity contribution >= 4 is 40.7 Å². The minimum atomic E-state index is 0. The molecule has 0 amide bonds. The first kappa shape index (κ1) is 21.2. The monoisotopic (exact) mass is 477 g/mol. The molecule has 1 atom stereocenters. The van der Waals surface area contributed by atoms with E-state index < -0.39 is 0 Å². The molecule has 6 heteroatoms. The molecule has 0 aliphatic carbocycles. The summed E-state index contributed by atoms with van der Waals surface area (Å²) in [4.78, 5) is 4.70. The van der Waals surface area contributed by atoms with E-state index in [1.807, 2.05) is 24.0 Å². The minimum absolute atomic E-state index is 0. The SMILES string of the molecule is CCNC(=NCCn1cc(C)cn1)NC(C)c1cccc2ccccc12.I. The number of guanidine groups is 1. The number of halogens is 1. The van der Waals surface area contributed by atoms with Crippen molar-refractivity contribution < 1.29 is 0 Å². The van der Waals surface area contributed by atoms with Gasteiger partial charge in [0.2, 0.25) is 0 Å². The second kappa shape index (κ2) is 10.3. The number of nitrogens with zero attached hydrogens (tertiary/aromatic N) is 3. The van der Waals surface area contributed by atoms with Crippen LogP contribution in [-0.4, -0.2) is 28.8 Å². The summed E-state index contributed by atoms with van der Waals surface area (Å²) in [7, 11) is 0.